The van der Waals surface area contributed by atoms with Crippen molar-refractivity contribution < 1.29 is 24.2 Å². The Kier molecular flexibility index (Phi) is 10.6. The van der Waals surface area contributed by atoms with E-state index in [-0.39, 0.29) is 23.7 Å². The Hall–Kier alpha value is -1.99. The average Bonchev–Trinajstić information content (AvgIpc) is 3.14. The van der Waals surface area contributed by atoms with Gasteiger partial charge in [0.05, 0.1) is 14.2 Å². The molecular weight excluding hydrogens is 561 g/mol. The molecule has 0 spiro atoms. The van der Waals surface area contributed by atoms with Crippen LogP contribution in [-0.4, -0.2) is 52.5 Å². The molecule has 39 heavy (non-hydrogen) atoms. The van der Waals surface area contributed by atoms with E-state index in [2.05, 4.69) is 32.9 Å². The van der Waals surface area contributed by atoms with Gasteiger partial charge in [-0.25, -0.2) is 4.79 Å². The number of amides is 1. The molecule has 0 aromatic heterocycles. The molecule has 9 heteroatoms. The molecule has 6 nitrogen and oxygen atoms in total. The van der Waals surface area contributed by atoms with Crippen LogP contribution in [0.4, 0.5) is 0 Å². The molecule has 1 N–H and O–H groups in total. The van der Waals surface area contributed by atoms with Crippen LogP contribution in [0.3, 0.4) is 0 Å². The van der Waals surface area contributed by atoms with E-state index in [9.17, 15) is 14.7 Å². The minimum absolute atomic E-state index is 0.0268. The molecule has 3 rings (SSSR count). The van der Waals surface area contributed by atoms with Gasteiger partial charge in [0.25, 0.3) is 0 Å². The summed E-state index contributed by atoms with van der Waals surface area (Å²) in [6, 6.07) is 7.72. The van der Waals surface area contributed by atoms with Crippen molar-refractivity contribution in [1.29, 1.82) is 0 Å². The summed E-state index contributed by atoms with van der Waals surface area (Å²) in [7, 11) is 2.98. The van der Waals surface area contributed by atoms with Gasteiger partial charge in [0.1, 0.15) is 11.9 Å². The fraction of sp³-hybridized carbons (Fsp3) is 0.533. The number of halogens is 3. The molecule has 1 saturated heterocycles. The SMILES string of the molecule is COC(=O)/C=C/[C@@H]1[C@@H](/C(C)=C/[C@H](C)CC[C@@H](O)C(Cl)(Cl)Cl)CC=C2C(=O)N(Cc3ccc(OC)cc3)C[C@@]21C. The Bertz CT molecular complexity index is 1120. The van der Waals surface area contributed by atoms with Crippen molar-refractivity contribution in [3.05, 3.63) is 65.3 Å². The number of nitrogens with zero attached hydrogens (tertiary/aromatic N) is 1. The number of alkyl halides is 3. The molecule has 214 valence electrons. The number of aliphatic hydroxyl groups excluding tert-OH is 1. The summed E-state index contributed by atoms with van der Waals surface area (Å²) in [5, 5.41) is 10.1. The van der Waals surface area contributed by atoms with Crippen molar-refractivity contribution in [2.45, 2.75) is 56.5 Å². The van der Waals surface area contributed by atoms with Crippen LogP contribution in [0.5, 0.6) is 5.75 Å². The number of hydrogen-bond donors (Lipinski definition) is 1. The minimum Gasteiger partial charge on any atom is -0.497 e. The van der Waals surface area contributed by atoms with Crippen molar-refractivity contribution in [2.75, 3.05) is 20.8 Å². The molecule has 1 fully saturated rings. The number of fused-ring (bicyclic) bond motifs is 1. The fourth-order valence-electron chi connectivity index (χ4n) is 5.79. The highest BCUT2D eigenvalue weighted by molar-refractivity contribution is 6.68. The number of aliphatic hydroxyl groups is 1. The molecule has 2 aliphatic rings. The Balaban J connectivity index is 1.85. The third-order valence-electron chi connectivity index (χ3n) is 7.98. The van der Waals surface area contributed by atoms with Gasteiger partial charge in [-0.05, 0) is 61.6 Å². The number of hydrogen-bond acceptors (Lipinski definition) is 5. The maximum atomic E-state index is 13.5. The van der Waals surface area contributed by atoms with E-state index < -0.39 is 21.3 Å². The first-order valence-corrected chi connectivity index (χ1v) is 14.3. The van der Waals surface area contributed by atoms with Gasteiger partial charge in [-0.2, -0.15) is 0 Å². The first-order valence-electron chi connectivity index (χ1n) is 13.1. The van der Waals surface area contributed by atoms with Crippen LogP contribution in [0.2, 0.25) is 0 Å². The maximum Gasteiger partial charge on any atom is 0.330 e. The summed E-state index contributed by atoms with van der Waals surface area (Å²) in [6.07, 6.45) is 8.26. The Morgan fingerprint density at radius 3 is 2.49 bits per heavy atom. The molecular formula is C30H38Cl3NO5. The lowest BCUT2D eigenvalue weighted by molar-refractivity contribution is -0.134. The number of methoxy groups -OCH3 is 2. The lowest BCUT2D eigenvalue weighted by Gasteiger charge is -2.42. The van der Waals surface area contributed by atoms with E-state index in [4.69, 9.17) is 44.3 Å². The first kappa shape index (κ1) is 31.5. The predicted octanol–water partition coefficient (Wildman–Crippen LogP) is 6.43. The second-order valence-corrected chi connectivity index (χ2v) is 13.2. The van der Waals surface area contributed by atoms with E-state index in [1.807, 2.05) is 35.2 Å². The van der Waals surface area contributed by atoms with Crippen molar-refractivity contribution in [3.63, 3.8) is 0 Å². The van der Waals surface area contributed by atoms with Crippen LogP contribution in [0.15, 0.2) is 59.7 Å². The number of esters is 1. The van der Waals surface area contributed by atoms with E-state index in [0.717, 1.165) is 22.5 Å². The monoisotopic (exact) mass is 597 g/mol. The highest BCUT2D eigenvalue weighted by atomic mass is 35.6. The molecule has 1 aliphatic heterocycles. The van der Waals surface area contributed by atoms with Crippen LogP contribution >= 0.6 is 34.8 Å². The van der Waals surface area contributed by atoms with Crippen LogP contribution in [-0.2, 0) is 20.9 Å². The quantitative estimate of drug-likeness (QED) is 0.145. The van der Waals surface area contributed by atoms with Crippen LogP contribution in [0.25, 0.3) is 0 Å². The largest absolute Gasteiger partial charge is 0.497 e. The summed E-state index contributed by atoms with van der Waals surface area (Å²) >= 11 is 17.5. The van der Waals surface area contributed by atoms with E-state index in [1.54, 1.807) is 7.11 Å². The number of benzene rings is 1. The van der Waals surface area contributed by atoms with Gasteiger partial charge in [-0.1, -0.05) is 84.6 Å². The molecule has 0 unspecified atom stereocenters. The van der Waals surface area contributed by atoms with Crippen molar-refractivity contribution in [3.8, 4) is 5.75 Å². The zero-order valence-electron chi connectivity index (χ0n) is 23.1. The average molecular weight is 599 g/mol. The Labute approximate surface area is 246 Å². The highest BCUT2D eigenvalue weighted by Crippen LogP contribution is 2.52. The standard InChI is InChI=1S/C30H38Cl3NO5/c1-19(6-14-26(35)30(31,32)33)16-20(2)23-11-12-25-28(37)34(17-21-7-9-22(38-4)10-8-21)18-29(25,3)24(23)13-15-27(36)39-5/h7-10,12-13,15-16,19,23-24,26,35H,6,11,14,17-18H2,1-5H3/b15-13+,20-16+/t19-,23-,24-,26-,29-/m1/s1. The van der Waals surface area contributed by atoms with Crippen LogP contribution in [0, 0.1) is 23.2 Å². The molecule has 1 aliphatic carbocycles. The Morgan fingerprint density at radius 2 is 1.90 bits per heavy atom. The van der Waals surface area contributed by atoms with E-state index in [0.29, 0.717) is 32.4 Å². The second kappa shape index (κ2) is 13.1. The molecule has 0 bridgehead atoms. The van der Waals surface area contributed by atoms with Crippen molar-refractivity contribution in [1.82, 2.24) is 4.90 Å². The maximum absolute atomic E-state index is 13.5. The van der Waals surface area contributed by atoms with Gasteiger partial charge < -0.3 is 19.5 Å². The molecule has 0 radical (unpaired) electrons. The first-order chi connectivity index (χ1) is 18.3. The van der Waals surface area contributed by atoms with Crippen molar-refractivity contribution >= 4 is 46.7 Å². The third-order valence-corrected chi connectivity index (χ3v) is 8.73. The normalized spacial score (nSPS) is 25.4. The van der Waals surface area contributed by atoms with E-state index >= 15 is 0 Å². The minimum atomic E-state index is -1.71. The Morgan fingerprint density at radius 1 is 1.23 bits per heavy atom. The molecule has 1 heterocycles. The number of ether oxygens (including phenoxy) is 2. The number of allylic oxidation sites excluding steroid dienone is 4. The summed E-state index contributed by atoms with van der Waals surface area (Å²) in [6.45, 7) is 7.28. The third kappa shape index (κ3) is 7.60. The van der Waals surface area contributed by atoms with Crippen LogP contribution in [0.1, 0.15) is 45.6 Å². The van der Waals surface area contributed by atoms with Crippen molar-refractivity contribution in [2.24, 2.45) is 23.2 Å². The van der Waals surface area contributed by atoms with Gasteiger partial charge in [0.2, 0.25) is 9.70 Å². The molecule has 1 aromatic carbocycles. The summed E-state index contributed by atoms with van der Waals surface area (Å²) in [5.74, 6) is 0.476. The highest BCUT2D eigenvalue weighted by Gasteiger charge is 2.52. The van der Waals surface area contributed by atoms with Gasteiger partial charge >= 0.3 is 5.97 Å². The van der Waals surface area contributed by atoms with Gasteiger partial charge in [0, 0.05) is 30.2 Å². The molecule has 1 aromatic rings. The molecule has 1 amide bonds. The summed E-state index contributed by atoms with van der Waals surface area (Å²) in [5.41, 5.74) is 2.48. The number of carbonyl (C=O) groups excluding carboxylic acids is 2. The summed E-state index contributed by atoms with van der Waals surface area (Å²) < 4.78 is 8.41. The number of likely N-dealkylation sites (tertiary alicyclic amines) is 1. The second-order valence-electron chi connectivity index (χ2n) is 10.8. The van der Waals surface area contributed by atoms with Gasteiger partial charge in [0.15, 0.2) is 0 Å². The smallest absolute Gasteiger partial charge is 0.330 e. The van der Waals surface area contributed by atoms with Gasteiger partial charge in [-0.3, -0.25) is 4.79 Å². The zero-order valence-corrected chi connectivity index (χ0v) is 25.4. The lowest BCUT2D eigenvalue weighted by Crippen LogP contribution is -2.38. The summed E-state index contributed by atoms with van der Waals surface area (Å²) in [4.78, 5) is 27.5. The molecule has 5 atom stereocenters. The lowest BCUT2D eigenvalue weighted by atomic mass is 9.61. The van der Waals surface area contributed by atoms with E-state index in [1.165, 1.54) is 13.2 Å². The number of rotatable bonds is 10. The topological polar surface area (TPSA) is 76.1 Å². The number of carbonyl (C=O) groups is 2. The van der Waals surface area contributed by atoms with Gasteiger partial charge in [-0.15, -0.1) is 0 Å². The molecule has 0 saturated carbocycles. The zero-order chi connectivity index (χ0) is 29.0. The predicted molar refractivity (Wildman–Crippen MR) is 156 cm³/mol. The van der Waals surface area contributed by atoms with Crippen LogP contribution < -0.4 is 4.74 Å². The fourth-order valence-corrected chi connectivity index (χ4v) is 6.12.